The van der Waals surface area contributed by atoms with E-state index in [9.17, 15) is 4.79 Å². The topological polar surface area (TPSA) is 68.8 Å². The molecule has 2 N–H and O–H groups in total. The van der Waals surface area contributed by atoms with Gasteiger partial charge in [-0.05, 0) is 41.8 Å². The van der Waals surface area contributed by atoms with E-state index in [1.807, 2.05) is 36.4 Å². The molecule has 0 atom stereocenters. The molecule has 0 fully saturated rings. The molecule has 140 valence electrons. The van der Waals surface area contributed by atoms with Gasteiger partial charge in [-0.1, -0.05) is 25.1 Å². The van der Waals surface area contributed by atoms with Gasteiger partial charge in [0.2, 0.25) is 0 Å². The Morgan fingerprint density at radius 3 is 2.50 bits per heavy atom. The van der Waals surface area contributed by atoms with Gasteiger partial charge in [0.15, 0.2) is 11.5 Å². The fourth-order valence-corrected chi connectivity index (χ4v) is 2.42. The van der Waals surface area contributed by atoms with Crippen LogP contribution in [0.3, 0.4) is 0 Å². The third kappa shape index (κ3) is 5.88. The molecular weight excluding hydrogens is 332 g/mol. The summed E-state index contributed by atoms with van der Waals surface area (Å²) in [5.41, 5.74) is 2.15. The van der Waals surface area contributed by atoms with Crippen molar-refractivity contribution in [2.24, 2.45) is 0 Å². The number of aryl methyl sites for hydroxylation is 1. The molecule has 0 saturated carbocycles. The van der Waals surface area contributed by atoms with Crippen molar-refractivity contribution in [3.63, 3.8) is 0 Å². The predicted molar refractivity (Wildman–Crippen MR) is 101 cm³/mol. The van der Waals surface area contributed by atoms with E-state index in [4.69, 9.17) is 14.2 Å². The average molecular weight is 358 g/mol. The summed E-state index contributed by atoms with van der Waals surface area (Å²) in [6.45, 7) is 3.33. The van der Waals surface area contributed by atoms with Gasteiger partial charge in [0, 0.05) is 6.54 Å². The minimum atomic E-state index is -0.245. The van der Waals surface area contributed by atoms with Crippen molar-refractivity contribution in [2.75, 3.05) is 27.4 Å². The van der Waals surface area contributed by atoms with Crippen LogP contribution >= 0.6 is 0 Å². The van der Waals surface area contributed by atoms with Crippen molar-refractivity contribution in [3.05, 3.63) is 53.6 Å². The second kappa shape index (κ2) is 10.2. The monoisotopic (exact) mass is 358 g/mol. The Bertz CT molecular complexity index is 719. The highest BCUT2D eigenvalue weighted by Crippen LogP contribution is 2.27. The Morgan fingerprint density at radius 1 is 0.962 bits per heavy atom. The third-order valence-electron chi connectivity index (χ3n) is 3.86. The van der Waals surface area contributed by atoms with Gasteiger partial charge in [0.05, 0.1) is 20.8 Å². The van der Waals surface area contributed by atoms with Crippen molar-refractivity contribution in [3.8, 4) is 17.2 Å². The van der Waals surface area contributed by atoms with Gasteiger partial charge < -0.3 is 24.8 Å². The normalized spacial score (nSPS) is 10.1. The van der Waals surface area contributed by atoms with Gasteiger partial charge in [0.1, 0.15) is 12.4 Å². The minimum absolute atomic E-state index is 0.245. The first-order valence-corrected chi connectivity index (χ1v) is 8.60. The van der Waals surface area contributed by atoms with Gasteiger partial charge in [-0.15, -0.1) is 0 Å². The number of carbonyl (C=O) groups is 1. The van der Waals surface area contributed by atoms with Crippen molar-refractivity contribution in [1.82, 2.24) is 10.6 Å². The summed E-state index contributed by atoms with van der Waals surface area (Å²) in [6, 6.07) is 13.2. The van der Waals surface area contributed by atoms with Crippen LogP contribution in [0.4, 0.5) is 4.79 Å². The highest BCUT2D eigenvalue weighted by molar-refractivity contribution is 5.73. The van der Waals surface area contributed by atoms with Crippen LogP contribution in [0.2, 0.25) is 0 Å². The summed E-state index contributed by atoms with van der Waals surface area (Å²) in [6.07, 6.45) is 0.966. The molecule has 0 radical (unpaired) electrons. The zero-order valence-corrected chi connectivity index (χ0v) is 15.5. The standard InChI is InChI=1S/C20H26N2O4/c1-4-15-6-5-7-17(12-15)26-11-10-21-20(23)22-14-16-8-9-18(24-2)19(13-16)25-3/h5-9,12-13H,4,10-11,14H2,1-3H3,(H2,21,22,23). The lowest BCUT2D eigenvalue weighted by Crippen LogP contribution is -2.37. The van der Waals surface area contributed by atoms with Gasteiger partial charge in [-0.3, -0.25) is 0 Å². The van der Waals surface area contributed by atoms with Crippen molar-refractivity contribution < 1.29 is 19.0 Å². The fourth-order valence-electron chi connectivity index (χ4n) is 2.42. The summed E-state index contributed by atoms with van der Waals surface area (Å²) in [5.74, 6) is 2.11. The van der Waals surface area contributed by atoms with Crippen molar-refractivity contribution in [1.29, 1.82) is 0 Å². The number of methoxy groups -OCH3 is 2. The van der Waals surface area contributed by atoms with E-state index in [0.29, 0.717) is 31.2 Å². The van der Waals surface area contributed by atoms with Crippen molar-refractivity contribution in [2.45, 2.75) is 19.9 Å². The first kappa shape index (κ1) is 19.4. The van der Waals surface area contributed by atoms with Gasteiger partial charge in [-0.2, -0.15) is 0 Å². The van der Waals surface area contributed by atoms with Crippen LogP contribution in [0.5, 0.6) is 17.2 Å². The molecule has 2 amide bonds. The second-order valence-electron chi connectivity index (χ2n) is 5.65. The molecule has 0 saturated heterocycles. The predicted octanol–water partition coefficient (Wildman–Crippen LogP) is 3.14. The fraction of sp³-hybridized carbons (Fsp3) is 0.350. The lowest BCUT2D eigenvalue weighted by atomic mass is 10.2. The average Bonchev–Trinajstić information content (AvgIpc) is 2.69. The Hall–Kier alpha value is -2.89. The number of rotatable bonds is 9. The quantitative estimate of drug-likeness (QED) is 0.676. The Labute approximate surface area is 154 Å². The van der Waals surface area contributed by atoms with Crippen LogP contribution in [0.1, 0.15) is 18.1 Å². The minimum Gasteiger partial charge on any atom is -0.493 e. The van der Waals surface area contributed by atoms with E-state index in [1.165, 1.54) is 5.56 Å². The largest absolute Gasteiger partial charge is 0.493 e. The molecule has 0 heterocycles. The number of carbonyl (C=O) groups excluding carboxylic acids is 1. The van der Waals surface area contributed by atoms with Crippen LogP contribution in [-0.2, 0) is 13.0 Å². The first-order valence-electron chi connectivity index (χ1n) is 8.60. The summed E-state index contributed by atoms with van der Waals surface area (Å²) in [5, 5.41) is 5.57. The molecule has 2 aromatic rings. The molecule has 0 bridgehead atoms. The lowest BCUT2D eigenvalue weighted by molar-refractivity contribution is 0.236. The van der Waals surface area contributed by atoms with E-state index >= 15 is 0 Å². The van der Waals surface area contributed by atoms with Crippen molar-refractivity contribution >= 4 is 6.03 Å². The van der Waals surface area contributed by atoms with E-state index in [1.54, 1.807) is 14.2 Å². The molecule has 0 aliphatic rings. The van der Waals surface area contributed by atoms with Crippen LogP contribution in [0, 0.1) is 0 Å². The SMILES string of the molecule is CCc1cccc(OCCNC(=O)NCc2ccc(OC)c(OC)c2)c1. The highest BCUT2D eigenvalue weighted by atomic mass is 16.5. The Morgan fingerprint density at radius 2 is 1.77 bits per heavy atom. The maximum atomic E-state index is 11.9. The number of ether oxygens (including phenoxy) is 3. The van der Waals surface area contributed by atoms with Crippen LogP contribution in [0.25, 0.3) is 0 Å². The molecule has 6 nitrogen and oxygen atoms in total. The lowest BCUT2D eigenvalue weighted by Gasteiger charge is -2.11. The number of urea groups is 1. The van der Waals surface area contributed by atoms with Crippen LogP contribution in [0.15, 0.2) is 42.5 Å². The number of amides is 2. The summed E-state index contributed by atoms with van der Waals surface area (Å²) >= 11 is 0. The van der Waals surface area contributed by atoms with Gasteiger partial charge >= 0.3 is 6.03 Å². The summed E-state index contributed by atoms with van der Waals surface area (Å²) in [7, 11) is 3.17. The Balaban J connectivity index is 1.70. The van der Waals surface area contributed by atoms with Gasteiger partial charge in [-0.25, -0.2) is 4.79 Å². The molecule has 0 aliphatic heterocycles. The smallest absolute Gasteiger partial charge is 0.315 e. The maximum Gasteiger partial charge on any atom is 0.315 e. The molecule has 6 heteroatoms. The molecular formula is C20H26N2O4. The van der Waals surface area contributed by atoms with Crippen LogP contribution in [-0.4, -0.2) is 33.4 Å². The molecule has 0 unspecified atom stereocenters. The molecule has 2 rings (SSSR count). The van der Waals surface area contributed by atoms with E-state index < -0.39 is 0 Å². The van der Waals surface area contributed by atoms with E-state index in [0.717, 1.165) is 17.7 Å². The zero-order chi connectivity index (χ0) is 18.8. The first-order chi connectivity index (χ1) is 12.7. The Kier molecular flexibility index (Phi) is 7.61. The number of hydrogen-bond acceptors (Lipinski definition) is 4. The molecule has 0 aromatic heterocycles. The molecule has 26 heavy (non-hydrogen) atoms. The van der Waals surface area contributed by atoms with Gasteiger partial charge in [0.25, 0.3) is 0 Å². The summed E-state index contributed by atoms with van der Waals surface area (Å²) < 4.78 is 16.1. The third-order valence-corrected chi connectivity index (χ3v) is 3.86. The number of benzene rings is 2. The maximum absolute atomic E-state index is 11.9. The zero-order valence-electron chi connectivity index (χ0n) is 15.5. The molecule has 2 aromatic carbocycles. The molecule has 0 spiro atoms. The van der Waals surface area contributed by atoms with E-state index in [-0.39, 0.29) is 6.03 Å². The summed E-state index contributed by atoms with van der Waals surface area (Å²) in [4.78, 5) is 11.9. The second-order valence-corrected chi connectivity index (χ2v) is 5.65. The number of hydrogen-bond donors (Lipinski definition) is 2. The van der Waals surface area contributed by atoms with Crippen LogP contribution < -0.4 is 24.8 Å². The van der Waals surface area contributed by atoms with E-state index in [2.05, 4.69) is 23.6 Å². The molecule has 0 aliphatic carbocycles. The highest BCUT2D eigenvalue weighted by Gasteiger charge is 2.06. The number of nitrogens with one attached hydrogen (secondary N) is 2.